The highest BCUT2D eigenvalue weighted by atomic mass is 16.7. The van der Waals surface area contributed by atoms with E-state index in [1.54, 1.807) is 10.7 Å². The third kappa shape index (κ3) is 5.85. The Morgan fingerprint density at radius 1 is 0.778 bits per heavy atom. The summed E-state index contributed by atoms with van der Waals surface area (Å²) in [6.07, 6.45) is 6.91. The number of aliphatic hydroxyl groups is 2. The molecule has 1 fully saturated rings. The minimum atomic E-state index is -0.307. The second kappa shape index (κ2) is 10.9. The Morgan fingerprint density at radius 2 is 1.33 bits per heavy atom. The second-order valence-corrected chi connectivity index (χ2v) is 9.95. The van der Waals surface area contributed by atoms with Gasteiger partial charge in [-0.3, -0.25) is 0 Å². The van der Waals surface area contributed by atoms with Crippen molar-refractivity contribution >= 4 is 18.2 Å². The SMILES string of the molecule is CC1(C)OB(c2ccc(CCO)cc2)OC1(C)C.OCCc1ccc(-c2cnc3ccnn3c2)cc1. The molecule has 0 unspecified atom stereocenters. The molecule has 2 aromatic carbocycles. The maximum absolute atomic E-state index is 8.89. The normalized spacial score (nSPS) is 16.1. The molecule has 2 aromatic heterocycles. The summed E-state index contributed by atoms with van der Waals surface area (Å²) in [5.74, 6) is 0. The van der Waals surface area contributed by atoms with Crippen LogP contribution in [0.4, 0.5) is 0 Å². The quantitative estimate of drug-likeness (QED) is 0.405. The molecule has 0 atom stereocenters. The number of nitrogens with zero attached hydrogens (tertiary/aromatic N) is 3. The van der Waals surface area contributed by atoms with Crippen LogP contribution >= 0.6 is 0 Å². The minimum Gasteiger partial charge on any atom is -0.399 e. The topological polar surface area (TPSA) is 89.1 Å². The summed E-state index contributed by atoms with van der Waals surface area (Å²) in [6, 6.07) is 18.0. The number of benzene rings is 2. The summed E-state index contributed by atoms with van der Waals surface area (Å²) in [6.45, 7) is 8.55. The first-order valence-electron chi connectivity index (χ1n) is 12.3. The predicted molar refractivity (Wildman–Crippen MR) is 142 cm³/mol. The smallest absolute Gasteiger partial charge is 0.399 e. The third-order valence-corrected chi connectivity index (χ3v) is 6.84. The first-order valence-corrected chi connectivity index (χ1v) is 12.3. The number of hydrogen-bond donors (Lipinski definition) is 2. The second-order valence-electron chi connectivity index (χ2n) is 9.95. The van der Waals surface area contributed by atoms with Crippen molar-refractivity contribution in [3.63, 3.8) is 0 Å². The molecule has 7 nitrogen and oxygen atoms in total. The van der Waals surface area contributed by atoms with E-state index in [9.17, 15) is 0 Å². The molecule has 0 bridgehead atoms. The minimum absolute atomic E-state index is 0.176. The van der Waals surface area contributed by atoms with Crippen LogP contribution in [0.2, 0.25) is 0 Å². The van der Waals surface area contributed by atoms with E-state index in [1.807, 2.05) is 94.7 Å². The number of aliphatic hydroxyl groups excluding tert-OH is 2. The van der Waals surface area contributed by atoms with Gasteiger partial charge in [-0.1, -0.05) is 48.5 Å². The van der Waals surface area contributed by atoms with E-state index >= 15 is 0 Å². The predicted octanol–water partition coefficient (Wildman–Crippen LogP) is 3.45. The Labute approximate surface area is 212 Å². The van der Waals surface area contributed by atoms with Gasteiger partial charge in [0.05, 0.1) is 17.4 Å². The number of fused-ring (bicyclic) bond motifs is 1. The van der Waals surface area contributed by atoms with Gasteiger partial charge in [-0.15, -0.1) is 0 Å². The largest absolute Gasteiger partial charge is 0.494 e. The third-order valence-electron chi connectivity index (χ3n) is 6.84. The van der Waals surface area contributed by atoms with Crippen LogP contribution in [-0.2, 0) is 22.2 Å². The maximum atomic E-state index is 8.89. The summed E-state index contributed by atoms with van der Waals surface area (Å²) < 4.78 is 13.7. The van der Waals surface area contributed by atoms with Crippen molar-refractivity contribution in [3.05, 3.63) is 84.3 Å². The lowest BCUT2D eigenvalue weighted by atomic mass is 9.79. The van der Waals surface area contributed by atoms with Crippen molar-refractivity contribution in [2.75, 3.05) is 13.2 Å². The monoisotopic (exact) mass is 487 g/mol. The van der Waals surface area contributed by atoms with Gasteiger partial charge in [0.1, 0.15) is 0 Å². The summed E-state index contributed by atoms with van der Waals surface area (Å²) in [4.78, 5) is 4.34. The van der Waals surface area contributed by atoms with Gasteiger partial charge >= 0.3 is 7.12 Å². The molecule has 0 aliphatic carbocycles. The number of aromatic nitrogens is 3. The molecule has 3 heterocycles. The highest BCUT2D eigenvalue weighted by Crippen LogP contribution is 2.36. The lowest BCUT2D eigenvalue weighted by Crippen LogP contribution is -2.41. The van der Waals surface area contributed by atoms with Crippen LogP contribution in [0.5, 0.6) is 0 Å². The van der Waals surface area contributed by atoms with E-state index in [0.29, 0.717) is 12.8 Å². The van der Waals surface area contributed by atoms with Gasteiger partial charge in [-0.25, -0.2) is 9.50 Å². The van der Waals surface area contributed by atoms with Gasteiger partial charge in [0.2, 0.25) is 0 Å². The molecule has 4 aromatic rings. The summed E-state index contributed by atoms with van der Waals surface area (Å²) in [5, 5.41) is 21.9. The van der Waals surface area contributed by atoms with Crippen LogP contribution in [0, 0.1) is 0 Å². The average molecular weight is 487 g/mol. The summed E-state index contributed by atoms with van der Waals surface area (Å²) >= 11 is 0. The van der Waals surface area contributed by atoms with Crippen LogP contribution in [0.15, 0.2) is 73.2 Å². The van der Waals surface area contributed by atoms with Gasteiger partial charge in [0.15, 0.2) is 5.65 Å². The fourth-order valence-electron chi connectivity index (χ4n) is 3.90. The maximum Gasteiger partial charge on any atom is 0.494 e. The van der Waals surface area contributed by atoms with Crippen LogP contribution in [0.3, 0.4) is 0 Å². The number of hydrogen-bond acceptors (Lipinski definition) is 6. The zero-order valence-corrected chi connectivity index (χ0v) is 21.4. The molecule has 36 heavy (non-hydrogen) atoms. The molecule has 2 N–H and O–H groups in total. The molecule has 8 heteroatoms. The highest BCUT2D eigenvalue weighted by molar-refractivity contribution is 6.62. The van der Waals surface area contributed by atoms with Crippen molar-refractivity contribution in [3.8, 4) is 11.1 Å². The molecule has 0 radical (unpaired) electrons. The Balaban J connectivity index is 0.000000169. The first kappa shape index (κ1) is 26.0. The van der Waals surface area contributed by atoms with E-state index in [4.69, 9.17) is 19.5 Å². The Morgan fingerprint density at radius 3 is 1.89 bits per heavy atom. The summed E-state index contributed by atoms with van der Waals surface area (Å²) in [7, 11) is -0.307. The van der Waals surface area contributed by atoms with Crippen molar-refractivity contribution in [1.29, 1.82) is 0 Å². The molecule has 1 aliphatic heterocycles. The fourth-order valence-corrected chi connectivity index (χ4v) is 3.90. The molecule has 0 spiro atoms. The standard InChI is InChI=1S/C14H21BO3.C14H13N3O/c1-13(2)14(3,4)18-15(17-13)12-7-5-11(6-8-12)9-10-16;18-8-6-11-1-3-12(4-2-11)13-9-15-14-5-7-16-17(14)10-13/h5-8,16H,9-10H2,1-4H3;1-5,7,9-10,18H,6,8H2. The van der Waals surface area contributed by atoms with Crippen molar-refractivity contribution in [2.24, 2.45) is 0 Å². The van der Waals surface area contributed by atoms with Gasteiger partial charge in [0, 0.05) is 37.2 Å². The van der Waals surface area contributed by atoms with E-state index in [0.717, 1.165) is 33.4 Å². The highest BCUT2D eigenvalue weighted by Gasteiger charge is 2.51. The molecular weight excluding hydrogens is 453 g/mol. The lowest BCUT2D eigenvalue weighted by Gasteiger charge is -2.32. The van der Waals surface area contributed by atoms with E-state index in [1.165, 1.54) is 0 Å². The van der Waals surface area contributed by atoms with Crippen molar-refractivity contribution in [2.45, 2.75) is 51.7 Å². The van der Waals surface area contributed by atoms with E-state index in [2.05, 4.69) is 10.1 Å². The van der Waals surface area contributed by atoms with Crippen LogP contribution in [-0.4, -0.2) is 56.3 Å². The molecular formula is C28H34BN3O4. The molecule has 5 rings (SSSR count). The first-order chi connectivity index (χ1) is 17.2. The Hall–Kier alpha value is -3.04. The van der Waals surface area contributed by atoms with Gasteiger partial charge < -0.3 is 19.5 Å². The zero-order chi connectivity index (χ0) is 25.8. The average Bonchev–Trinajstić information content (AvgIpc) is 3.41. The Bertz CT molecular complexity index is 1250. The zero-order valence-electron chi connectivity index (χ0n) is 21.4. The molecule has 0 amide bonds. The summed E-state index contributed by atoms with van der Waals surface area (Å²) in [5.41, 5.74) is 5.64. The van der Waals surface area contributed by atoms with Crippen LogP contribution in [0.1, 0.15) is 38.8 Å². The van der Waals surface area contributed by atoms with Gasteiger partial charge in [-0.05, 0) is 62.7 Å². The van der Waals surface area contributed by atoms with E-state index in [-0.39, 0.29) is 31.5 Å². The van der Waals surface area contributed by atoms with E-state index < -0.39 is 0 Å². The van der Waals surface area contributed by atoms with Gasteiger partial charge in [0.25, 0.3) is 0 Å². The number of rotatable bonds is 6. The van der Waals surface area contributed by atoms with Crippen molar-refractivity contribution < 1.29 is 19.5 Å². The fraction of sp³-hybridized carbons (Fsp3) is 0.357. The van der Waals surface area contributed by atoms with Gasteiger partial charge in [-0.2, -0.15) is 5.10 Å². The van der Waals surface area contributed by atoms with Crippen LogP contribution in [0.25, 0.3) is 16.8 Å². The molecule has 188 valence electrons. The molecule has 1 saturated heterocycles. The Kier molecular flexibility index (Phi) is 7.90. The van der Waals surface area contributed by atoms with Crippen molar-refractivity contribution in [1.82, 2.24) is 14.6 Å². The lowest BCUT2D eigenvalue weighted by molar-refractivity contribution is 0.00578. The van der Waals surface area contributed by atoms with Crippen LogP contribution < -0.4 is 5.46 Å². The molecule has 1 aliphatic rings. The molecule has 0 saturated carbocycles.